The van der Waals surface area contributed by atoms with Crippen molar-refractivity contribution in [1.82, 2.24) is 24.6 Å². The molecule has 0 spiro atoms. The van der Waals surface area contributed by atoms with E-state index in [4.69, 9.17) is 0 Å². The molecular formula is C15H21N5O2. The Morgan fingerprint density at radius 3 is 2.77 bits per heavy atom. The van der Waals surface area contributed by atoms with Gasteiger partial charge in [-0.05, 0) is 25.7 Å². The van der Waals surface area contributed by atoms with Crippen molar-refractivity contribution in [3.05, 3.63) is 12.7 Å². The van der Waals surface area contributed by atoms with Gasteiger partial charge in [0.25, 0.3) is 0 Å². The fraction of sp³-hybridized carbons (Fsp3) is 0.733. The number of carbonyl (C=O) groups is 2. The lowest BCUT2D eigenvalue weighted by Gasteiger charge is -2.34. The highest BCUT2D eigenvalue weighted by atomic mass is 16.2. The highest BCUT2D eigenvalue weighted by Crippen LogP contribution is 2.33. The molecule has 3 heterocycles. The van der Waals surface area contributed by atoms with Crippen LogP contribution in [0.4, 0.5) is 0 Å². The number of likely N-dealkylation sites (tertiary alicyclic amines) is 2. The molecule has 1 saturated carbocycles. The lowest BCUT2D eigenvalue weighted by molar-refractivity contribution is -0.137. The number of piperidine rings is 1. The Kier molecular flexibility index (Phi) is 3.35. The maximum absolute atomic E-state index is 12.8. The SMILES string of the molecule is O=C(C1CC(=O)N(C2CC2)C1)N1CCCC(n2cncn2)C1. The summed E-state index contributed by atoms with van der Waals surface area (Å²) in [6.07, 6.45) is 7.83. The predicted octanol–water partition coefficient (Wildman–Crippen LogP) is 0.452. The standard InChI is InChI=1S/C15H21N5O2/c21-14-6-11(7-19(14)12-3-4-12)15(22)18-5-1-2-13(8-18)20-10-16-9-17-20/h9-13H,1-8H2. The van der Waals surface area contributed by atoms with Gasteiger partial charge in [0.1, 0.15) is 12.7 Å². The lowest BCUT2D eigenvalue weighted by atomic mass is 10.0. The Labute approximate surface area is 129 Å². The van der Waals surface area contributed by atoms with Gasteiger partial charge >= 0.3 is 0 Å². The first-order valence-corrected chi connectivity index (χ1v) is 8.15. The van der Waals surface area contributed by atoms with Crippen molar-refractivity contribution in [2.75, 3.05) is 19.6 Å². The lowest BCUT2D eigenvalue weighted by Crippen LogP contribution is -2.44. The zero-order valence-corrected chi connectivity index (χ0v) is 12.6. The van der Waals surface area contributed by atoms with Crippen LogP contribution in [0.5, 0.6) is 0 Å². The van der Waals surface area contributed by atoms with Crippen LogP contribution in [-0.4, -0.2) is 62.1 Å². The van der Waals surface area contributed by atoms with Crippen LogP contribution >= 0.6 is 0 Å². The summed E-state index contributed by atoms with van der Waals surface area (Å²) in [6.45, 7) is 2.08. The number of hydrogen-bond donors (Lipinski definition) is 0. The van der Waals surface area contributed by atoms with Crippen molar-refractivity contribution < 1.29 is 9.59 Å². The molecule has 118 valence electrons. The topological polar surface area (TPSA) is 71.3 Å². The zero-order chi connectivity index (χ0) is 15.1. The van der Waals surface area contributed by atoms with Gasteiger partial charge in [0.2, 0.25) is 11.8 Å². The van der Waals surface area contributed by atoms with E-state index in [1.807, 2.05) is 14.5 Å². The molecule has 1 aromatic rings. The molecule has 3 fully saturated rings. The molecule has 7 heteroatoms. The molecule has 1 aliphatic carbocycles. The quantitative estimate of drug-likeness (QED) is 0.813. The molecule has 0 radical (unpaired) electrons. The van der Waals surface area contributed by atoms with Gasteiger partial charge in [0.05, 0.1) is 12.0 Å². The van der Waals surface area contributed by atoms with E-state index in [2.05, 4.69) is 10.1 Å². The van der Waals surface area contributed by atoms with Crippen molar-refractivity contribution in [3.8, 4) is 0 Å². The summed E-state index contributed by atoms with van der Waals surface area (Å²) in [4.78, 5) is 32.6. The van der Waals surface area contributed by atoms with E-state index < -0.39 is 0 Å². The molecule has 4 rings (SSSR count). The molecule has 2 amide bonds. The van der Waals surface area contributed by atoms with Gasteiger partial charge < -0.3 is 9.80 Å². The molecule has 22 heavy (non-hydrogen) atoms. The van der Waals surface area contributed by atoms with Crippen LogP contribution in [-0.2, 0) is 9.59 Å². The first kappa shape index (κ1) is 13.7. The zero-order valence-electron chi connectivity index (χ0n) is 12.6. The molecule has 2 atom stereocenters. The van der Waals surface area contributed by atoms with E-state index in [-0.39, 0.29) is 23.8 Å². The van der Waals surface area contributed by atoms with Crippen LogP contribution in [0, 0.1) is 5.92 Å². The second kappa shape index (κ2) is 5.37. The third-order valence-corrected chi connectivity index (χ3v) is 5.01. The Morgan fingerprint density at radius 2 is 2.05 bits per heavy atom. The highest BCUT2D eigenvalue weighted by molar-refractivity contribution is 5.89. The van der Waals surface area contributed by atoms with Gasteiger partial charge in [-0.3, -0.25) is 9.59 Å². The van der Waals surface area contributed by atoms with Gasteiger partial charge in [-0.15, -0.1) is 0 Å². The number of carbonyl (C=O) groups excluding carboxylic acids is 2. The van der Waals surface area contributed by atoms with Gasteiger partial charge in [0, 0.05) is 32.1 Å². The molecular weight excluding hydrogens is 282 g/mol. The smallest absolute Gasteiger partial charge is 0.228 e. The Bertz CT molecular complexity index is 568. The van der Waals surface area contributed by atoms with E-state index >= 15 is 0 Å². The number of aromatic nitrogens is 3. The summed E-state index contributed by atoms with van der Waals surface area (Å²) in [5.74, 6) is 0.148. The normalized spacial score (nSPS) is 29.2. The minimum absolute atomic E-state index is 0.140. The molecule has 1 aromatic heterocycles. The number of rotatable bonds is 3. The number of nitrogens with zero attached hydrogens (tertiary/aromatic N) is 5. The van der Waals surface area contributed by atoms with Crippen LogP contribution in [0.1, 0.15) is 38.1 Å². The average Bonchev–Trinajstić information content (AvgIpc) is 3.09. The third-order valence-electron chi connectivity index (χ3n) is 5.01. The maximum Gasteiger partial charge on any atom is 0.228 e. The van der Waals surface area contributed by atoms with Crippen LogP contribution in [0.2, 0.25) is 0 Å². The fourth-order valence-corrected chi connectivity index (χ4v) is 3.67. The largest absolute Gasteiger partial charge is 0.340 e. The minimum atomic E-state index is -0.150. The van der Waals surface area contributed by atoms with Gasteiger partial charge in [-0.25, -0.2) is 9.67 Å². The predicted molar refractivity (Wildman–Crippen MR) is 77.7 cm³/mol. The second-order valence-electron chi connectivity index (χ2n) is 6.63. The van der Waals surface area contributed by atoms with E-state index in [1.54, 1.807) is 6.33 Å². The van der Waals surface area contributed by atoms with E-state index in [9.17, 15) is 9.59 Å². The molecule has 2 unspecified atom stereocenters. The molecule has 3 aliphatic rings. The fourth-order valence-electron chi connectivity index (χ4n) is 3.67. The van der Waals surface area contributed by atoms with Crippen LogP contribution in [0.15, 0.2) is 12.7 Å². The summed E-state index contributed by atoms with van der Waals surface area (Å²) in [6, 6.07) is 0.617. The van der Waals surface area contributed by atoms with Crippen LogP contribution in [0.25, 0.3) is 0 Å². The molecule has 0 aromatic carbocycles. The van der Waals surface area contributed by atoms with Crippen molar-refractivity contribution in [2.24, 2.45) is 5.92 Å². The first-order valence-electron chi connectivity index (χ1n) is 8.15. The number of hydrogen-bond acceptors (Lipinski definition) is 4. The number of amides is 2. The van der Waals surface area contributed by atoms with Crippen molar-refractivity contribution >= 4 is 11.8 Å². The van der Waals surface area contributed by atoms with E-state index in [0.717, 1.165) is 32.2 Å². The molecule has 7 nitrogen and oxygen atoms in total. The second-order valence-corrected chi connectivity index (χ2v) is 6.63. The minimum Gasteiger partial charge on any atom is -0.340 e. The summed E-state index contributed by atoms with van der Waals surface area (Å²) < 4.78 is 1.84. The van der Waals surface area contributed by atoms with Crippen LogP contribution in [0.3, 0.4) is 0 Å². The molecule has 0 bridgehead atoms. The molecule has 2 saturated heterocycles. The summed E-state index contributed by atoms with van der Waals surface area (Å²) >= 11 is 0. The third kappa shape index (κ3) is 2.48. The Hall–Kier alpha value is -1.92. The Balaban J connectivity index is 1.41. The van der Waals surface area contributed by atoms with E-state index in [1.165, 1.54) is 6.33 Å². The van der Waals surface area contributed by atoms with Gasteiger partial charge in [-0.1, -0.05) is 0 Å². The highest BCUT2D eigenvalue weighted by Gasteiger charge is 2.43. The Morgan fingerprint density at radius 1 is 1.18 bits per heavy atom. The maximum atomic E-state index is 12.8. The van der Waals surface area contributed by atoms with E-state index in [0.29, 0.717) is 25.6 Å². The van der Waals surface area contributed by atoms with Crippen molar-refractivity contribution in [1.29, 1.82) is 0 Å². The summed E-state index contributed by atoms with van der Waals surface area (Å²) in [5.41, 5.74) is 0. The van der Waals surface area contributed by atoms with Gasteiger partial charge in [0.15, 0.2) is 0 Å². The van der Waals surface area contributed by atoms with Crippen LogP contribution < -0.4 is 0 Å². The molecule has 0 N–H and O–H groups in total. The monoisotopic (exact) mass is 303 g/mol. The summed E-state index contributed by atoms with van der Waals surface area (Å²) in [7, 11) is 0. The average molecular weight is 303 g/mol. The van der Waals surface area contributed by atoms with Crippen molar-refractivity contribution in [2.45, 2.75) is 44.2 Å². The summed E-state index contributed by atoms with van der Waals surface area (Å²) in [5, 5.41) is 4.19. The first-order chi connectivity index (χ1) is 10.7. The molecule has 2 aliphatic heterocycles. The van der Waals surface area contributed by atoms with Gasteiger partial charge in [-0.2, -0.15) is 5.10 Å². The van der Waals surface area contributed by atoms with Crippen molar-refractivity contribution in [3.63, 3.8) is 0 Å².